The lowest BCUT2D eigenvalue weighted by Crippen LogP contribution is -2.21. The third-order valence-corrected chi connectivity index (χ3v) is 5.77. The Balaban J connectivity index is 1.51. The zero-order valence-electron chi connectivity index (χ0n) is 20.1. The number of halogens is 7. The molecule has 0 atom stereocenters. The molecule has 0 N–H and O–H groups in total. The molecule has 0 aliphatic heterocycles. The third kappa shape index (κ3) is 6.25. The topological polar surface area (TPSA) is 9.23 Å². The molecule has 0 saturated carbocycles. The first-order valence-electron chi connectivity index (χ1n) is 11.7. The van der Waals surface area contributed by atoms with E-state index in [1.807, 2.05) is 19.1 Å². The van der Waals surface area contributed by atoms with E-state index in [4.69, 9.17) is 0 Å². The van der Waals surface area contributed by atoms with Crippen LogP contribution in [0.25, 0.3) is 28.3 Å². The lowest BCUT2D eigenvalue weighted by atomic mass is 10.0. The maximum atomic E-state index is 14.6. The normalized spacial score (nSPS) is 11.8. The molecule has 0 aliphatic carbocycles. The van der Waals surface area contributed by atoms with Crippen LogP contribution in [0.15, 0.2) is 78.9 Å². The number of aryl methyl sites for hydroxylation is 1. The quantitative estimate of drug-likeness (QED) is 0.206. The van der Waals surface area contributed by atoms with Crippen LogP contribution in [0.5, 0.6) is 5.75 Å². The first-order chi connectivity index (χ1) is 18.1. The highest BCUT2D eigenvalue weighted by molar-refractivity contribution is 5.67. The van der Waals surface area contributed by atoms with Gasteiger partial charge in [-0.25, -0.2) is 22.0 Å². The fourth-order valence-electron chi connectivity index (χ4n) is 3.89. The van der Waals surface area contributed by atoms with Crippen molar-refractivity contribution in [2.24, 2.45) is 0 Å². The van der Waals surface area contributed by atoms with Crippen LogP contribution >= 0.6 is 0 Å². The first-order valence-corrected chi connectivity index (χ1v) is 11.7. The molecule has 0 fully saturated rings. The summed E-state index contributed by atoms with van der Waals surface area (Å²) in [5.74, 6) is -6.03. The highest BCUT2D eigenvalue weighted by Crippen LogP contribution is 2.31. The molecule has 38 heavy (non-hydrogen) atoms. The molecular weight excluding hydrogens is 509 g/mol. The fourth-order valence-corrected chi connectivity index (χ4v) is 3.89. The number of hydrogen-bond donors (Lipinski definition) is 0. The molecule has 0 spiro atoms. The molecule has 196 valence electrons. The molecule has 0 amide bonds. The van der Waals surface area contributed by atoms with Crippen molar-refractivity contribution in [1.82, 2.24) is 0 Å². The number of rotatable bonds is 8. The van der Waals surface area contributed by atoms with Gasteiger partial charge in [0.1, 0.15) is 23.2 Å². The van der Waals surface area contributed by atoms with E-state index in [1.54, 1.807) is 12.1 Å². The van der Waals surface area contributed by atoms with E-state index < -0.39 is 46.5 Å². The van der Waals surface area contributed by atoms with E-state index in [1.165, 1.54) is 0 Å². The molecule has 0 saturated heterocycles. The Morgan fingerprint density at radius 3 is 1.89 bits per heavy atom. The summed E-state index contributed by atoms with van der Waals surface area (Å²) in [4.78, 5) is 0. The van der Waals surface area contributed by atoms with E-state index >= 15 is 0 Å². The minimum atomic E-state index is -4.05. The van der Waals surface area contributed by atoms with Gasteiger partial charge < -0.3 is 4.74 Å². The van der Waals surface area contributed by atoms with Gasteiger partial charge in [0.15, 0.2) is 11.6 Å². The number of hydrogen-bond acceptors (Lipinski definition) is 1. The van der Waals surface area contributed by atoms with Gasteiger partial charge in [-0.3, -0.25) is 0 Å². The van der Waals surface area contributed by atoms with Crippen molar-refractivity contribution in [2.75, 3.05) is 0 Å². The summed E-state index contributed by atoms with van der Waals surface area (Å²) in [6, 6.07) is 14.7. The van der Waals surface area contributed by atoms with Gasteiger partial charge in [0.2, 0.25) is 0 Å². The lowest BCUT2D eigenvalue weighted by molar-refractivity contribution is -0.131. The lowest BCUT2D eigenvalue weighted by Gasteiger charge is -2.15. The van der Waals surface area contributed by atoms with Gasteiger partial charge in [-0.1, -0.05) is 43.7 Å². The summed E-state index contributed by atoms with van der Waals surface area (Å²) in [6.45, 7) is 2.03. The molecule has 0 unspecified atom stereocenters. The van der Waals surface area contributed by atoms with Crippen LogP contribution in [-0.4, -0.2) is 6.11 Å². The third-order valence-electron chi connectivity index (χ3n) is 5.77. The summed E-state index contributed by atoms with van der Waals surface area (Å²) in [7, 11) is 0. The Kier molecular flexibility index (Phi) is 7.90. The van der Waals surface area contributed by atoms with Crippen molar-refractivity contribution in [3.05, 3.63) is 119 Å². The van der Waals surface area contributed by atoms with Crippen molar-refractivity contribution in [2.45, 2.75) is 25.9 Å². The van der Waals surface area contributed by atoms with Gasteiger partial charge in [0.05, 0.1) is 0 Å². The van der Waals surface area contributed by atoms with E-state index in [9.17, 15) is 30.7 Å². The zero-order chi connectivity index (χ0) is 27.4. The van der Waals surface area contributed by atoms with Gasteiger partial charge in [-0.05, 0) is 71.1 Å². The summed E-state index contributed by atoms with van der Waals surface area (Å²) in [6.07, 6.45) is -1.54. The van der Waals surface area contributed by atoms with Crippen LogP contribution in [0, 0.1) is 29.1 Å². The maximum absolute atomic E-state index is 14.6. The second-order valence-corrected chi connectivity index (χ2v) is 8.57. The molecule has 0 aromatic heterocycles. The number of benzene rings is 4. The molecule has 4 aromatic rings. The summed E-state index contributed by atoms with van der Waals surface area (Å²) < 4.78 is 104. The molecule has 0 bridgehead atoms. The minimum absolute atomic E-state index is 0.00842. The largest absolute Gasteiger partial charge is 0.429 e. The Labute approximate surface area is 214 Å². The second kappa shape index (κ2) is 11.1. The summed E-state index contributed by atoms with van der Waals surface area (Å²) in [5, 5.41) is 0. The van der Waals surface area contributed by atoms with E-state index in [2.05, 4.69) is 4.74 Å². The number of alkyl halides is 2. The van der Waals surface area contributed by atoms with Gasteiger partial charge in [0, 0.05) is 23.3 Å². The highest BCUT2D eigenvalue weighted by Gasteiger charge is 2.29. The Morgan fingerprint density at radius 1 is 0.658 bits per heavy atom. The first kappa shape index (κ1) is 27.0. The Morgan fingerprint density at radius 2 is 1.29 bits per heavy atom. The zero-order valence-corrected chi connectivity index (χ0v) is 20.1. The molecule has 0 heterocycles. The molecule has 0 radical (unpaired) electrons. The molecule has 4 rings (SSSR count). The van der Waals surface area contributed by atoms with Gasteiger partial charge >= 0.3 is 6.11 Å². The standard InChI is InChI=1S/C30H21F7O/c1-2-3-18-4-6-19(7-5-18)21-15-26(32)24(27(33)16-21)12-13-30(36,37)38-22-9-10-23(28(34)17-22)20-8-11-25(31)29(35)14-20/h4-17H,2-3H2,1H3. The molecular formula is C30H21F7O. The van der Waals surface area contributed by atoms with Gasteiger partial charge in [-0.15, -0.1) is 0 Å². The van der Waals surface area contributed by atoms with Crippen molar-refractivity contribution in [1.29, 1.82) is 0 Å². The number of ether oxygens (including phenoxy) is 1. The summed E-state index contributed by atoms with van der Waals surface area (Å²) in [5.41, 5.74) is 1.03. The van der Waals surface area contributed by atoms with Crippen LogP contribution in [0.2, 0.25) is 0 Å². The van der Waals surface area contributed by atoms with Crippen molar-refractivity contribution >= 4 is 6.08 Å². The molecule has 8 heteroatoms. The van der Waals surface area contributed by atoms with Gasteiger partial charge in [0.25, 0.3) is 0 Å². The Hall–Kier alpha value is -4.07. The van der Waals surface area contributed by atoms with Crippen molar-refractivity contribution in [3.63, 3.8) is 0 Å². The highest BCUT2D eigenvalue weighted by atomic mass is 19.3. The fraction of sp³-hybridized carbons (Fsp3) is 0.133. The SMILES string of the molecule is CCCc1ccc(-c2cc(F)c(C=CC(F)(F)Oc3ccc(-c4ccc(F)c(F)c4)c(F)c3)c(F)c2)cc1. The van der Waals surface area contributed by atoms with Crippen molar-refractivity contribution in [3.8, 4) is 28.0 Å². The monoisotopic (exact) mass is 530 g/mol. The van der Waals surface area contributed by atoms with Crippen LogP contribution in [0.1, 0.15) is 24.5 Å². The Bertz CT molecular complexity index is 1450. The molecule has 1 nitrogen and oxygen atoms in total. The van der Waals surface area contributed by atoms with Crippen LogP contribution in [0.4, 0.5) is 30.7 Å². The van der Waals surface area contributed by atoms with E-state index in [-0.39, 0.29) is 22.8 Å². The minimum Gasteiger partial charge on any atom is -0.429 e. The maximum Gasteiger partial charge on any atom is 0.419 e. The van der Waals surface area contributed by atoms with Crippen molar-refractivity contribution < 1.29 is 35.5 Å². The molecule has 0 aliphatic rings. The molecule has 4 aromatic carbocycles. The second-order valence-electron chi connectivity index (χ2n) is 8.57. The summed E-state index contributed by atoms with van der Waals surface area (Å²) >= 11 is 0. The van der Waals surface area contributed by atoms with Crippen LogP contribution in [0.3, 0.4) is 0 Å². The predicted molar refractivity (Wildman–Crippen MR) is 132 cm³/mol. The van der Waals surface area contributed by atoms with E-state index in [0.717, 1.165) is 60.9 Å². The average molecular weight is 530 g/mol. The van der Waals surface area contributed by atoms with Crippen LogP contribution < -0.4 is 4.74 Å². The van der Waals surface area contributed by atoms with E-state index in [0.29, 0.717) is 17.7 Å². The van der Waals surface area contributed by atoms with Gasteiger partial charge in [-0.2, -0.15) is 8.78 Å². The average Bonchev–Trinajstić information content (AvgIpc) is 2.86. The predicted octanol–water partition coefficient (Wildman–Crippen LogP) is 9.35. The smallest absolute Gasteiger partial charge is 0.419 e. The van der Waals surface area contributed by atoms with Crippen LogP contribution in [-0.2, 0) is 6.42 Å².